The maximum Gasteiger partial charge on any atom is 0.292 e. The number of pyridine rings is 2. The molecule has 30 heavy (non-hydrogen) atoms. The average molecular weight is 418 g/mol. The number of carbonyl (C=O) groups excluding carboxylic acids is 2. The molecule has 0 aliphatic heterocycles. The van der Waals surface area contributed by atoms with E-state index < -0.39 is 0 Å². The molecule has 2 amide bonds. The van der Waals surface area contributed by atoms with Gasteiger partial charge in [-0.15, -0.1) is 11.8 Å². The van der Waals surface area contributed by atoms with Gasteiger partial charge in [-0.1, -0.05) is 6.07 Å². The Morgan fingerprint density at radius 1 is 1.03 bits per heavy atom. The number of nitrogens with one attached hydrogen (secondary N) is 2. The number of nitrogens with zero attached hydrogens (tertiary/aromatic N) is 2. The lowest BCUT2D eigenvalue weighted by Crippen LogP contribution is -2.13. The first-order valence-electron chi connectivity index (χ1n) is 9.17. The Labute approximate surface area is 176 Å². The van der Waals surface area contributed by atoms with E-state index in [4.69, 9.17) is 4.42 Å². The van der Waals surface area contributed by atoms with Gasteiger partial charge in [0, 0.05) is 34.6 Å². The molecule has 0 atom stereocenters. The third-order valence-electron chi connectivity index (χ3n) is 4.20. The van der Waals surface area contributed by atoms with E-state index in [-0.39, 0.29) is 23.3 Å². The summed E-state index contributed by atoms with van der Waals surface area (Å²) in [6.45, 7) is 1.92. The van der Waals surface area contributed by atoms with Crippen LogP contribution in [-0.4, -0.2) is 27.5 Å². The van der Waals surface area contributed by atoms with E-state index >= 15 is 0 Å². The molecule has 0 saturated heterocycles. The highest BCUT2D eigenvalue weighted by molar-refractivity contribution is 8.00. The Kier molecular flexibility index (Phi) is 5.76. The fourth-order valence-corrected chi connectivity index (χ4v) is 3.42. The first kappa shape index (κ1) is 19.7. The molecular weight excluding hydrogens is 400 g/mol. The molecule has 3 heterocycles. The number of fused-ring (bicyclic) bond motifs is 1. The second-order valence-corrected chi connectivity index (χ2v) is 7.61. The van der Waals surface area contributed by atoms with Gasteiger partial charge < -0.3 is 15.1 Å². The molecule has 0 aliphatic carbocycles. The molecule has 8 heteroatoms. The van der Waals surface area contributed by atoms with E-state index in [2.05, 4.69) is 20.6 Å². The van der Waals surface area contributed by atoms with E-state index in [9.17, 15) is 9.59 Å². The van der Waals surface area contributed by atoms with Crippen molar-refractivity contribution in [3.63, 3.8) is 0 Å². The third kappa shape index (κ3) is 4.84. The van der Waals surface area contributed by atoms with Crippen LogP contribution < -0.4 is 10.6 Å². The van der Waals surface area contributed by atoms with E-state index in [0.717, 1.165) is 15.8 Å². The van der Waals surface area contributed by atoms with Gasteiger partial charge in [-0.05, 0) is 55.0 Å². The number of benzene rings is 1. The number of anilines is 2. The van der Waals surface area contributed by atoms with Crippen molar-refractivity contribution in [2.75, 3.05) is 16.4 Å². The van der Waals surface area contributed by atoms with Crippen LogP contribution in [0.4, 0.5) is 11.5 Å². The SMILES string of the molecule is Cc1ccc(NC(=O)c2cc3cc(NC(=O)CSc4ccncc4)ccc3o2)nc1. The number of hydrogen-bond donors (Lipinski definition) is 2. The molecular formula is C22H18N4O3S. The molecule has 4 aromatic rings. The Morgan fingerprint density at radius 3 is 2.63 bits per heavy atom. The van der Waals surface area contributed by atoms with Crippen LogP contribution in [0.25, 0.3) is 11.0 Å². The minimum absolute atomic E-state index is 0.122. The summed E-state index contributed by atoms with van der Waals surface area (Å²) >= 11 is 1.43. The van der Waals surface area contributed by atoms with Gasteiger partial charge in [0.05, 0.1) is 5.75 Å². The van der Waals surface area contributed by atoms with Gasteiger partial charge in [0.15, 0.2) is 5.76 Å². The average Bonchev–Trinajstić information content (AvgIpc) is 3.18. The van der Waals surface area contributed by atoms with Gasteiger partial charge in [0.2, 0.25) is 5.91 Å². The summed E-state index contributed by atoms with van der Waals surface area (Å²) in [5, 5.41) is 6.28. The van der Waals surface area contributed by atoms with Gasteiger partial charge >= 0.3 is 0 Å². The topological polar surface area (TPSA) is 97.1 Å². The molecule has 0 unspecified atom stereocenters. The van der Waals surface area contributed by atoms with E-state index in [1.54, 1.807) is 48.9 Å². The van der Waals surface area contributed by atoms with Crippen molar-refractivity contribution in [1.82, 2.24) is 9.97 Å². The monoisotopic (exact) mass is 418 g/mol. The van der Waals surface area contributed by atoms with Crippen molar-refractivity contribution in [2.24, 2.45) is 0 Å². The lowest BCUT2D eigenvalue weighted by molar-refractivity contribution is -0.113. The Morgan fingerprint density at radius 2 is 1.87 bits per heavy atom. The van der Waals surface area contributed by atoms with Gasteiger partial charge in [0.25, 0.3) is 5.91 Å². The lowest BCUT2D eigenvalue weighted by atomic mass is 10.2. The van der Waals surface area contributed by atoms with Gasteiger partial charge in [-0.25, -0.2) is 4.98 Å². The van der Waals surface area contributed by atoms with Crippen molar-refractivity contribution in [2.45, 2.75) is 11.8 Å². The van der Waals surface area contributed by atoms with Gasteiger partial charge in [0.1, 0.15) is 11.4 Å². The van der Waals surface area contributed by atoms with Crippen LogP contribution in [0, 0.1) is 6.92 Å². The number of thioether (sulfide) groups is 1. The number of aryl methyl sites for hydroxylation is 1. The zero-order valence-corrected chi connectivity index (χ0v) is 16.9. The maximum absolute atomic E-state index is 12.4. The largest absolute Gasteiger partial charge is 0.451 e. The molecule has 0 saturated carbocycles. The van der Waals surface area contributed by atoms with Gasteiger partial charge in [-0.2, -0.15) is 0 Å². The van der Waals surface area contributed by atoms with Crippen molar-refractivity contribution < 1.29 is 14.0 Å². The normalized spacial score (nSPS) is 10.7. The fraction of sp³-hybridized carbons (Fsp3) is 0.0909. The first-order chi connectivity index (χ1) is 14.6. The van der Waals surface area contributed by atoms with Crippen LogP contribution >= 0.6 is 11.8 Å². The Bertz CT molecular complexity index is 1190. The highest BCUT2D eigenvalue weighted by atomic mass is 32.2. The van der Waals surface area contributed by atoms with Crippen LogP contribution in [0.5, 0.6) is 0 Å². The molecule has 4 rings (SSSR count). The Balaban J connectivity index is 1.41. The number of aromatic nitrogens is 2. The summed E-state index contributed by atoms with van der Waals surface area (Å²) in [7, 11) is 0. The lowest BCUT2D eigenvalue weighted by Gasteiger charge is -2.05. The van der Waals surface area contributed by atoms with Crippen LogP contribution in [0.15, 0.2) is 76.4 Å². The molecule has 0 spiro atoms. The minimum Gasteiger partial charge on any atom is -0.451 e. The summed E-state index contributed by atoms with van der Waals surface area (Å²) in [5.41, 5.74) is 2.20. The second-order valence-electron chi connectivity index (χ2n) is 6.56. The second kappa shape index (κ2) is 8.79. The van der Waals surface area contributed by atoms with Crippen molar-refractivity contribution >= 4 is 46.1 Å². The molecule has 0 fully saturated rings. The van der Waals surface area contributed by atoms with Crippen LogP contribution in [-0.2, 0) is 4.79 Å². The molecule has 150 valence electrons. The number of rotatable bonds is 6. The smallest absolute Gasteiger partial charge is 0.292 e. The first-order valence-corrected chi connectivity index (χ1v) is 10.2. The maximum atomic E-state index is 12.4. The van der Waals surface area contributed by atoms with Crippen molar-refractivity contribution in [1.29, 1.82) is 0 Å². The molecule has 7 nitrogen and oxygen atoms in total. The standard InChI is InChI=1S/C22H18N4O3S/c1-14-2-5-20(24-12-14)26-22(28)19-11-15-10-16(3-4-18(15)29-19)25-21(27)13-30-17-6-8-23-9-7-17/h2-12H,13H2,1H3,(H,25,27)(H,24,26,28). The number of amides is 2. The zero-order valence-electron chi connectivity index (χ0n) is 16.1. The number of hydrogen-bond acceptors (Lipinski definition) is 6. The predicted octanol–water partition coefficient (Wildman–Crippen LogP) is 4.51. The zero-order chi connectivity index (χ0) is 20.9. The summed E-state index contributed by atoms with van der Waals surface area (Å²) in [6.07, 6.45) is 5.06. The van der Waals surface area contributed by atoms with Crippen molar-refractivity contribution in [3.05, 3.63) is 78.4 Å². The van der Waals surface area contributed by atoms with E-state index in [1.165, 1.54) is 11.8 Å². The van der Waals surface area contributed by atoms with Crippen LogP contribution in [0.2, 0.25) is 0 Å². The summed E-state index contributed by atoms with van der Waals surface area (Å²) in [6, 6.07) is 14.2. The predicted molar refractivity (Wildman–Crippen MR) is 117 cm³/mol. The molecule has 1 aromatic carbocycles. The summed E-state index contributed by atoms with van der Waals surface area (Å²) < 4.78 is 5.63. The van der Waals surface area contributed by atoms with Crippen LogP contribution in [0.3, 0.4) is 0 Å². The highest BCUT2D eigenvalue weighted by Crippen LogP contribution is 2.24. The number of furan rings is 1. The fourth-order valence-electron chi connectivity index (χ4n) is 2.73. The van der Waals surface area contributed by atoms with E-state index in [1.807, 2.05) is 25.1 Å². The molecule has 0 radical (unpaired) electrons. The minimum atomic E-state index is -0.387. The molecule has 3 aromatic heterocycles. The molecule has 2 N–H and O–H groups in total. The van der Waals surface area contributed by atoms with Crippen molar-refractivity contribution in [3.8, 4) is 0 Å². The molecule has 0 bridgehead atoms. The van der Waals surface area contributed by atoms with E-state index in [0.29, 0.717) is 17.1 Å². The summed E-state index contributed by atoms with van der Waals surface area (Å²) in [4.78, 5) is 33.7. The quantitative estimate of drug-likeness (QED) is 0.447. The van der Waals surface area contributed by atoms with Gasteiger partial charge in [-0.3, -0.25) is 14.6 Å². The van der Waals surface area contributed by atoms with Crippen LogP contribution in [0.1, 0.15) is 16.1 Å². The highest BCUT2D eigenvalue weighted by Gasteiger charge is 2.14. The summed E-state index contributed by atoms with van der Waals surface area (Å²) in [5.74, 6) is 0.393. The third-order valence-corrected chi connectivity index (χ3v) is 5.21. The molecule has 0 aliphatic rings. The Hall–Kier alpha value is -3.65. The number of carbonyl (C=O) groups is 2.